The van der Waals surface area contributed by atoms with Gasteiger partial charge in [0, 0.05) is 24.5 Å². The molecule has 3 fully saturated rings. The predicted molar refractivity (Wildman–Crippen MR) is 90.4 cm³/mol. The van der Waals surface area contributed by atoms with Gasteiger partial charge in [-0.1, -0.05) is 32.1 Å². The Morgan fingerprint density at radius 3 is 2.22 bits per heavy atom. The molecule has 23 heavy (non-hydrogen) atoms. The highest BCUT2D eigenvalue weighted by Crippen LogP contribution is 2.41. The van der Waals surface area contributed by atoms with Gasteiger partial charge in [0.15, 0.2) is 0 Å². The smallest absolute Gasteiger partial charge is 0.225 e. The van der Waals surface area contributed by atoms with Crippen LogP contribution in [0.3, 0.4) is 0 Å². The SMILES string of the molecule is CS(=O)(=O)NC1(CC2CC2)CCN(C(=O)C2CCCCC2)CC1. The maximum absolute atomic E-state index is 12.7. The van der Waals surface area contributed by atoms with Crippen molar-refractivity contribution in [1.29, 1.82) is 0 Å². The Hall–Kier alpha value is -0.620. The van der Waals surface area contributed by atoms with Gasteiger partial charge in [-0.05, 0) is 38.0 Å². The Morgan fingerprint density at radius 2 is 1.70 bits per heavy atom. The molecular weight excluding hydrogens is 312 g/mol. The lowest BCUT2D eigenvalue weighted by Gasteiger charge is -2.43. The van der Waals surface area contributed by atoms with Crippen molar-refractivity contribution in [1.82, 2.24) is 9.62 Å². The second-order valence-electron chi connectivity index (χ2n) is 7.96. The third-order valence-corrected chi connectivity index (χ3v) is 6.57. The number of piperidine rings is 1. The molecule has 0 aromatic rings. The second-order valence-corrected chi connectivity index (χ2v) is 9.71. The van der Waals surface area contributed by atoms with Gasteiger partial charge in [-0.15, -0.1) is 0 Å². The first-order valence-corrected chi connectivity index (χ1v) is 11.0. The molecule has 0 unspecified atom stereocenters. The lowest BCUT2D eigenvalue weighted by atomic mass is 9.82. The monoisotopic (exact) mass is 342 g/mol. The highest BCUT2D eigenvalue weighted by Gasteiger charge is 2.42. The van der Waals surface area contributed by atoms with Crippen LogP contribution in [0, 0.1) is 11.8 Å². The van der Waals surface area contributed by atoms with Crippen molar-refractivity contribution in [2.75, 3.05) is 19.3 Å². The molecular formula is C17H30N2O3S. The molecule has 132 valence electrons. The van der Waals surface area contributed by atoms with Gasteiger partial charge in [-0.2, -0.15) is 0 Å². The Bertz CT molecular complexity index is 528. The van der Waals surface area contributed by atoms with Gasteiger partial charge in [0.05, 0.1) is 6.26 Å². The topological polar surface area (TPSA) is 66.5 Å². The molecule has 1 N–H and O–H groups in total. The minimum Gasteiger partial charge on any atom is -0.342 e. The summed E-state index contributed by atoms with van der Waals surface area (Å²) in [5.41, 5.74) is -0.321. The standard InChI is InChI=1S/C17H30N2O3S/c1-23(21,22)18-17(13-14-7-8-14)9-11-19(12-10-17)16(20)15-5-3-2-4-6-15/h14-15,18H,2-13H2,1H3. The van der Waals surface area contributed by atoms with Crippen LogP contribution in [0.25, 0.3) is 0 Å². The summed E-state index contributed by atoms with van der Waals surface area (Å²) in [6.45, 7) is 1.40. The van der Waals surface area contributed by atoms with Gasteiger partial charge in [0.2, 0.25) is 15.9 Å². The molecule has 1 saturated heterocycles. The van der Waals surface area contributed by atoms with Crippen LogP contribution in [0.2, 0.25) is 0 Å². The summed E-state index contributed by atoms with van der Waals surface area (Å²) in [6, 6.07) is 0. The molecule has 1 aliphatic heterocycles. The van der Waals surface area contributed by atoms with Gasteiger partial charge in [-0.25, -0.2) is 13.1 Å². The number of nitrogens with one attached hydrogen (secondary N) is 1. The van der Waals surface area contributed by atoms with Crippen molar-refractivity contribution in [2.45, 2.75) is 69.7 Å². The quantitative estimate of drug-likeness (QED) is 0.833. The van der Waals surface area contributed by atoms with Crippen molar-refractivity contribution in [3.8, 4) is 0 Å². The van der Waals surface area contributed by atoms with Crippen LogP contribution in [0.1, 0.15) is 64.2 Å². The van der Waals surface area contributed by atoms with Crippen LogP contribution >= 0.6 is 0 Å². The Balaban J connectivity index is 1.60. The Labute approximate surface area is 140 Å². The van der Waals surface area contributed by atoms with E-state index in [4.69, 9.17) is 0 Å². The molecule has 0 aromatic carbocycles. The zero-order chi connectivity index (χ0) is 16.5. The Morgan fingerprint density at radius 1 is 1.09 bits per heavy atom. The molecule has 3 aliphatic rings. The van der Waals surface area contributed by atoms with Crippen molar-refractivity contribution < 1.29 is 13.2 Å². The van der Waals surface area contributed by atoms with Gasteiger partial charge in [0.1, 0.15) is 0 Å². The summed E-state index contributed by atoms with van der Waals surface area (Å²) in [5.74, 6) is 1.19. The van der Waals surface area contributed by atoms with E-state index in [1.165, 1.54) is 38.4 Å². The van der Waals surface area contributed by atoms with E-state index in [2.05, 4.69) is 4.72 Å². The zero-order valence-corrected chi connectivity index (χ0v) is 15.0. The lowest BCUT2D eigenvalue weighted by molar-refractivity contribution is -0.138. The average molecular weight is 343 g/mol. The number of rotatable bonds is 5. The number of carbonyl (C=O) groups is 1. The van der Waals surface area contributed by atoms with Crippen LogP contribution in [0.4, 0.5) is 0 Å². The van der Waals surface area contributed by atoms with Gasteiger partial charge in [0.25, 0.3) is 0 Å². The van der Waals surface area contributed by atoms with Crippen LogP contribution < -0.4 is 4.72 Å². The molecule has 0 atom stereocenters. The van der Waals surface area contributed by atoms with E-state index in [1.54, 1.807) is 0 Å². The fraction of sp³-hybridized carbons (Fsp3) is 0.941. The molecule has 3 rings (SSSR count). The van der Waals surface area contributed by atoms with Gasteiger partial charge in [-0.3, -0.25) is 4.79 Å². The summed E-state index contributed by atoms with van der Waals surface area (Å²) >= 11 is 0. The largest absolute Gasteiger partial charge is 0.342 e. The number of nitrogens with zero attached hydrogens (tertiary/aromatic N) is 1. The second kappa shape index (κ2) is 6.71. The molecule has 1 heterocycles. The van der Waals surface area contributed by atoms with Crippen LogP contribution in [0.15, 0.2) is 0 Å². The third-order valence-electron chi connectivity index (χ3n) is 5.76. The highest BCUT2D eigenvalue weighted by molar-refractivity contribution is 7.88. The van der Waals surface area contributed by atoms with Crippen LogP contribution in [-0.2, 0) is 14.8 Å². The van der Waals surface area contributed by atoms with Crippen LogP contribution in [-0.4, -0.2) is 44.1 Å². The first-order valence-electron chi connectivity index (χ1n) is 9.15. The van der Waals surface area contributed by atoms with E-state index in [0.29, 0.717) is 24.9 Å². The van der Waals surface area contributed by atoms with Crippen LogP contribution in [0.5, 0.6) is 0 Å². The number of hydrogen-bond acceptors (Lipinski definition) is 3. The molecule has 1 amide bonds. The minimum absolute atomic E-state index is 0.211. The fourth-order valence-corrected chi connectivity index (χ4v) is 5.45. The van der Waals surface area contributed by atoms with E-state index in [9.17, 15) is 13.2 Å². The zero-order valence-electron chi connectivity index (χ0n) is 14.2. The number of sulfonamides is 1. The van der Waals surface area contributed by atoms with Gasteiger partial charge >= 0.3 is 0 Å². The summed E-state index contributed by atoms with van der Waals surface area (Å²) in [6.07, 6.45) is 11.8. The number of hydrogen-bond donors (Lipinski definition) is 1. The number of carbonyl (C=O) groups excluding carboxylic acids is 1. The third kappa shape index (κ3) is 4.69. The molecule has 0 aromatic heterocycles. The van der Waals surface area contributed by atoms with E-state index < -0.39 is 10.0 Å². The highest BCUT2D eigenvalue weighted by atomic mass is 32.2. The number of likely N-dealkylation sites (tertiary alicyclic amines) is 1. The predicted octanol–water partition coefficient (Wildman–Crippen LogP) is 2.28. The van der Waals surface area contributed by atoms with Crippen molar-refractivity contribution in [3.63, 3.8) is 0 Å². The molecule has 0 bridgehead atoms. The fourth-order valence-electron chi connectivity index (χ4n) is 4.38. The van der Waals surface area contributed by atoms with E-state index in [0.717, 1.165) is 32.1 Å². The first-order chi connectivity index (χ1) is 10.9. The van der Waals surface area contributed by atoms with Crippen molar-refractivity contribution in [3.05, 3.63) is 0 Å². The first kappa shape index (κ1) is 17.2. The van der Waals surface area contributed by atoms with E-state index in [1.807, 2.05) is 4.90 Å². The Kier molecular flexibility index (Phi) is 5.02. The van der Waals surface area contributed by atoms with Crippen molar-refractivity contribution >= 4 is 15.9 Å². The summed E-state index contributed by atoms with van der Waals surface area (Å²) in [5, 5.41) is 0. The molecule has 0 spiro atoms. The van der Waals surface area contributed by atoms with Crippen molar-refractivity contribution in [2.24, 2.45) is 11.8 Å². The maximum atomic E-state index is 12.7. The van der Waals surface area contributed by atoms with Gasteiger partial charge < -0.3 is 4.90 Å². The lowest BCUT2D eigenvalue weighted by Crippen LogP contribution is -2.56. The minimum atomic E-state index is -3.21. The average Bonchev–Trinajstić information content (AvgIpc) is 3.30. The normalized spacial score (nSPS) is 26.2. The van der Waals surface area contributed by atoms with E-state index >= 15 is 0 Å². The summed E-state index contributed by atoms with van der Waals surface area (Å²) in [7, 11) is -3.21. The maximum Gasteiger partial charge on any atom is 0.225 e. The molecule has 2 saturated carbocycles. The number of amides is 1. The summed E-state index contributed by atoms with van der Waals surface area (Å²) in [4.78, 5) is 14.7. The molecule has 2 aliphatic carbocycles. The summed E-state index contributed by atoms with van der Waals surface area (Å²) < 4.78 is 26.5. The molecule has 5 nitrogen and oxygen atoms in total. The molecule has 0 radical (unpaired) electrons. The molecule has 6 heteroatoms. The van der Waals surface area contributed by atoms with E-state index in [-0.39, 0.29) is 11.5 Å².